The number of aromatic nitrogens is 2. The normalized spacial score (nSPS) is 11.4. The first-order chi connectivity index (χ1) is 13.5. The summed E-state index contributed by atoms with van der Waals surface area (Å²) in [4.78, 5) is 18.8. The summed E-state index contributed by atoms with van der Waals surface area (Å²) in [6, 6.07) is 3.61. The second-order valence-electron chi connectivity index (χ2n) is 5.62. The number of nitrogens with zero attached hydrogens (tertiary/aromatic N) is 3. The van der Waals surface area contributed by atoms with Crippen molar-refractivity contribution in [3.05, 3.63) is 63.1 Å². The van der Waals surface area contributed by atoms with E-state index in [4.69, 9.17) is 16.0 Å². The molecule has 2 aromatic rings. The van der Waals surface area contributed by atoms with Crippen molar-refractivity contribution in [1.29, 1.82) is 0 Å². The Bertz CT molecular complexity index is 788. The molecule has 2 N–H and O–H groups in total. The first kappa shape index (κ1) is 22.4. The van der Waals surface area contributed by atoms with Gasteiger partial charge in [-0.1, -0.05) is 23.4 Å². The van der Waals surface area contributed by atoms with Crippen molar-refractivity contribution >= 4 is 35.1 Å². The molecule has 0 aliphatic heterocycles. The molecular weight excluding hydrogens is 422 g/mol. The molecule has 0 aromatic carbocycles. The van der Waals surface area contributed by atoms with E-state index in [1.54, 1.807) is 30.3 Å². The van der Waals surface area contributed by atoms with E-state index in [1.807, 2.05) is 13.0 Å². The number of rotatable bonds is 13. The molecule has 0 aliphatic carbocycles. The highest BCUT2D eigenvalue weighted by molar-refractivity contribution is 7.99. The summed E-state index contributed by atoms with van der Waals surface area (Å²) in [6.45, 7) is 3.07. The van der Waals surface area contributed by atoms with E-state index in [9.17, 15) is 10.1 Å². The van der Waals surface area contributed by atoms with Gasteiger partial charge in [0.2, 0.25) is 0 Å². The van der Waals surface area contributed by atoms with Gasteiger partial charge in [-0.2, -0.15) is 11.8 Å². The highest BCUT2D eigenvalue weighted by Gasteiger charge is 2.05. The van der Waals surface area contributed by atoms with Gasteiger partial charge in [0.25, 0.3) is 11.4 Å². The van der Waals surface area contributed by atoms with Gasteiger partial charge < -0.3 is 15.1 Å². The summed E-state index contributed by atoms with van der Waals surface area (Å²) < 4.78 is 5.26. The van der Waals surface area contributed by atoms with Crippen LogP contribution in [0.4, 0.5) is 0 Å². The second kappa shape index (κ2) is 12.5. The van der Waals surface area contributed by atoms with Crippen molar-refractivity contribution in [2.45, 2.75) is 24.3 Å². The van der Waals surface area contributed by atoms with Gasteiger partial charge in [0.05, 0.1) is 21.3 Å². The van der Waals surface area contributed by atoms with E-state index in [0.717, 1.165) is 35.5 Å². The number of thioether (sulfide) groups is 2. The molecule has 11 heteroatoms. The Morgan fingerprint density at radius 1 is 1.39 bits per heavy atom. The van der Waals surface area contributed by atoms with Crippen molar-refractivity contribution in [2.75, 3.05) is 24.6 Å². The first-order valence-electron chi connectivity index (χ1n) is 8.59. The predicted molar refractivity (Wildman–Crippen MR) is 113 cm³/mol. The minimum atomic E-state index is -0.472. The maximum Gasteiger partial charge on any atom is 0.274 e. The Labute approximate surface area is 177 Å². The standard InChI is InChI=1S/C17H22ClN5O3S2/c1-13-11-26-17(22-13)28-8-3-6-20-16(10-23(24)25)21-7-9-27-12-15-14(18)4-2-5-19-15/h2,4-5,10-11,20-21H,3,6-9,12H2,1H3. The van der Waals surface area contributed by atoms with Crippen molar-refractivity contribution in [3.8, 4) is 0 Å². The third kappa shape index (κ3) is 8.85. The number of oxazole rings is 1. The van der Waals surface area contributed by atoms with Gasteiger partial charge in [-0.15, -0.1) is 0 Å². The largest absolute Gasteiger partial charge is 0.440 e. The Balaban J connectivity index is 1.62. The molecular formula is C17H22ClN5O3S2. The Morgan fingerprint density at radius 3 is 2.93 bits per heavy atom. The van der Waals surface area contributed by atoms with Crippen LogP contribution in [-0.2, 0) is 5.75 Å². The molecule has 0 aliphatic rings. The number of nitrogens with one attached hydrogen (secondary N) is 2. The SMILES string of the molecule is Cc1coc(SCCCNC(=C[N+](=O)[O-])NCCSCc2ncccc2Cl)n1. The lowest BCUT2D eigenvalue weighted by Crippen LogP contribution is -2.29. The molecule has 0 fully saturated rings. The smallest absolute Gasteiger partial charge is 0.274 e. The van der Waals surface area contributed by atoms with Gasteiger partial charge in [-0.3, -0.25) is 15.1 Å². The summed E-state index contributed by atoms with van der Waals surface area (Å²) in [5, 5.41) is 18.2. The quantitative estimate of drug-likeness (QED) is 0.207. The lowest BCUT2D eigenvalue weighted by molar-refractivity contribution is -0.404. The summed E-state index contributed by atoms with van der Waals surface area (Å²) >= 11 is 9.25. The number of hydrogen-bond acceptors (Lipinski definition) is 9. The summed E-state index contributed by atoms with van der Waals surface area (Å²) in [5.74, 6) is 2.67. The van der Waals surface area contributed by atoms with Crippen molar-refractivity contribution < 1.29 is 9.34 Å². The fraction of sp³-hybridized carbons (Fsp3) is 0.412. The highest BCUT2D eigenvalue weighted by atomic mass is 35.5. The zero-order valence-electron chi connectivity index (χ0n) is 15.4. The van der Waals surface area contributed by atoms with Crippen LogP contribution in [0, 0.1) is 17.0 Å². The number of nitro groups is 1. The molecule has 152 valence electrons. The highest BCUT2D eigenvalue weighted by Crippen LogP contribution is 2.18. The topological polar surface area (TPSA) is 106 Å². The Morgan fingerprint density at radius 2 is 2.21 bits per heavy atom. The Kier molecular flexibility index (Phi) is 10.0. The molecule has 0 unspecified atom stereocenters. The van der Waals surface area contributed by atoms with Gasteiger partial charge >= 0.3 is 0 Å². The molecule has 8 nitrogen and oxygen atoms in total. The zero-order chi connectivity index (χ0) is 20.2. The average Bonchev–Trinajstić information content (AvgIpc) is 3.07. The van der Waals surface area contributed by atoms with Gasteiger partial charge in [-0.25, -0.2) is 4.98 Å². The van der Waals surface area contributed by atoms with Crippen LogP contribution in [-0.4, -0.2) is 39.5 Å². The van der Waals surface area contributed by atoms with E-state index in [-0.39, 0.29) is 0 Å². The molecule has 0 amide bonds. The van der Waals surface area contributed by atoms with Crippen LogP contribution in [0.15, 0.2) is 46.3 Å². The van der Waals surface area contributed by atoms with Crippen LogP contribution in [0.5, 0.6) is 0 Å². The van der Waals surface area contributed by atoms with E-state index in [2.05, 4.69) is 20.6 Å². The van der Waals surface area contributed by atoms with Crippen LogP contribution in [0.25, 0.3) is 0 Å². The van der Waals surface area contributed by atoms with E-state index in [0.29, 0.717) is 34.9 Å². The Hall–Kier alpha value is -1.91. The summed E-state index contributed by atoms with van der Waals surface area (Å²) in [5.41, 5.74) is 1.69. The van der Waals surface area contributed by atoms with Gasteiger partial charge in [0, 0.05) is 36.5 Å². The second-order valence-corrected chi connectivity index (χ2v) is 8.18. The molecule has 0 bridgehead atoms. The summed E-state index contributed by atoms with van der Waals surface area (Å²) in [7, 11) is 0. The van der Waals surface area contributed by atoms with Crippen LogP contribution < -0.4 is 10.6 Å². The number of aryl methyl sites for hydroxylation is 1. The maximum atomic E-state index is 10.8. The molecule has 2 rings (SSSR count). The van der Waals surface area contributed by atoms with Gasteiger partial charge in [-0.05, 0) is 25.5 Å². The molecule has 28 heavy (non-hydrogen) atoms. The molecule has 0 radical (unpaired) electrons. The summed E-state index contributed by atoms with van der Waals surface area (Å²) in [6.07, 6.45) is 5.09. The molecule has 0 saturated carbocycles. The van der Waals surface area contributed by atoms with Crippen LogP contribution in [0.2, 0.25) is 5.02 Å². The van der Waals surface area contributed by atoms with Gasteiger partial charge in [0.15, 0.2) is 5.82 Å². The fourth-order valence-corrected chi connectivity index (χ4v) is 3.93. The maximum absolute atomic E-state index is 10.8. The van der Waals surface area contributed by atoms with Crippen molar-refractivity contribution in [1.82, 2.24) is 20.6 Å². The van der Waals surface area contributed by atoms with Crippen molar-refractivity contribution in [3.63, 3.8) is 0 Å². The van der Waals surface area contributed by atoms with Crippen LogP contribution in [0.1, 0.15) is 17.8 Å². The molecule has 0 spiro atoms. The fourth-order valence-electron chi connectivity index (χ4n) is 2.06. The third-order valence-electron chi connectivity index (χ3n) is 3.33. The number of halogens is 1. The minimum Gasteiger partial charge on any atom is -0.440 e. The monoisotopic (exact) mass is 443 g/mol. The van der Waals surface area contributed by atoms with Crippen LogP contribution in [0.3, 0.4) is 0 Å². The molecule has 2 aromatic heterocycles. The lowest BCUT2D eigenvalue weighted by atomic mass is 10.4. The molecule has 2 heterocycles. The first-order valence-corrected chi connectivity index (χ1v) is 11.1. The number of hydrogen-bond donors (Lipinski definition) is 2. The average molecular weight is 444 g/mol. The van der Waals surface area contributed by atoms with Gasteiger partial charge in [0.1, 0.15) is 6.26 Å². The van der Waals surface area contributed by atoms with Crippen molar-refractivity contribution in [2.24, 2.45) is 0 Å². The zero-order valence-corrected chi connectivity index (χ0v) is 17.8. The van der Waals surface area contributed by atoms with E-state index >= 15 is 0 Å². The van der Waals surface area contributed by atoms with E-state index < -0.39 is 4.92 Å². The molecule has 0 atom stereocenters. The van der Waals surface area contributed by atoms with E-state index in [1.165, 1.54) is 11.8 Å². The number of pyridine rings is 1. The van der Waals surface area contributed by atoms with Crippen LogP contribution >= 0.6 is 35.1 Å². The predicted octanol–water partition coefficient (Wildman–Crippen LogP) is 3.70. The minimum absolute atomic E-state index is 0.401. The molecule has 0 saturated heterocycles. The lowest BCUT2D eigenvalue weighted by Gasteiger charge is -2.11. The third-order valence-corrected chi connectivity index (χ3v) is 5.57.